The van der Waals surface area contributed by atoms with E-state index >= 15 is 0 Å². The molecule has 1 atom stereocenters. The van der Waals surface area contributed by atoms with Gasteiger partial charge in [0.2, 0.25) is 5.91 Å². The summed E-state index contributed by atoms with van der Waals surface area (Å²) >= 11 is 0. The van der Waals surface area contributed by atoms with Crippen molar-refractivity contribution in [2.75, 3.05) is 39.4 Å². The maximum atomic E-state index is 12.2. The van der Waals surface area contributed by atoms with Gasteiger partial charge in [0.05, 0.1) is 13.2 Å². The highest BCUT2D eigenvalue weighted by Crippen LogP contribution is 2.12. The molecule has 2 saturated heterocycles. The lowest BCUT2D eigenvalue weighted by molar-refractivity contribution is -0.126. The molecule has 0 aliphatic carbocycles. The first-order valence-electron chi connectivity index (χ1n) is 8.69. The summed E-state index contributed by atoms with van der Waals surface area (Å²) in [6, 6.07) is 10.8. The lowest BCUT2D eigenvalue weighted by Gasteiger charge is -2.33. The van der Waals surface area contributed by atoms with E-state index in [4.69, 9.17) is 4.74 Å². The van der Waals surface area contributed by atoms with Crippen LogP contribution in [0.1, 0.15) is 18.4 Å². The normalized spacial score (nSPS) is 23.6. The van der Waals surface area contributed by atoms with Gasteiger partial charge in [-0.1, -0.05) is 30.3 Å². The Balaban J connectivity index is 1.36. The number of rotatable bonds is 5. The van der Waals surface area contributed by atoms with Gasteiger partial charge >= 0.3 is 0 Å². The summed E-state index contributed by atoms with van der Waals surface area (Å²) in [4.78, 5) is 14.7. The van der Waals surface area contributed by atoms with E-state index in [9.17, 15) is 4.79 Å². The Labute approximate surface area is 138 Å². The quantitative estimate of drug-likeness (QED) is 0.843. The Morgan fingerprint density at radius 3 is 2.74 bits per heavy atom. The molecule has 0 bridgehead atoms. The van der Waals surface area contributed by atoms with Crippen molar-refractivity contribution in [3.05, 3.63) is 35.9 Å². The van der Waals surface area contributed by atoms with Gasteiger partial charge in [0.15, 0.2) is 0 Å². The monoisotopic (exact) mass is 317 g/mol. The Morgan fingerprint density at radius 2 is 2.04 bits per heavy atom. The first-order chi connectivity index (χ1) is 11.3. The van der Waals surface area contributed by atoms with E-state index in [-0.39, 0.29) is 11.9 Å². The fraction of sp³-hybridized carbons (Fsp3) is 0.611. The maximum Gasteiger partial charge on any atom is 0.239 e. The van der Waals surface area contributed by atoms with Crippen molar-refractivity contribution >= 4 is 5.91 Å². The van der Waals surface area contributed by atoms with Gasteiger partial charge in [0, 0.05) is 32.2 Å². The number of carbonyl (C=O) groups excluding carboxylic acids is 1. The van der Waals surface area contributed by atoms with Crippen LogP contribution < -0.4 is 10.6 Å². The third-order valence-corrected chi connectivity index (χ3v) is 4.73. The molecule has 2 N–H and O–H groups in total. The Morgan fingerprint density at radius 1 is 1.26 bits per heavy atom. The van der Waals surface area contributed by atoms with Gasteiger partial charge in [-0.25, -0.2) is 0 Å². The summed E-state index contributed by atoms with van der Waals surface area (Å²) in [6.07, 6.45) is 3.17. The average Bonchev–Trinajstić information content (AvgIpc) is 2.63. The van der Waals surface area contributed by atoms with Gasteiger partial charge in [-0.05, 0) is 24.8 Å². The molecule has 1 amide bonds. The van der Waals surface area contributed by atoms with Crippen LogP contribution in [0.3, 0.4) is 0 Å². The van der Waals surface area contributed by atoms with Crippen molar-refractivity contribution in [3.8, 4) is 0 Å². The number of nitrogens with zero attached hydrogens (tertiary/aromatic N) is 1. The van der Waals surface area contributed by atoms with Crippen molar-refractivity contribution < 1.29 is 9.53 Å². The standard InChI is InChI=1S/C18H27N3O2/c22-18(17-14-23-13-9-19-17)20-16-7-11-21(12-8-16)10-6-15-4-2-1-3-5-15/h1-5,16-17,19H,6-14H2,(H,20,22). The first kappa shape index (κ1) is 16.4. The third kappa shape index (κ3) is 5.03. The van der Waals surface area contributed by atoms with Gasteiger partial charge < -0.3 is 20.3 Å². The lowest BCUT2D eigenvalue weighted by atomic mass is 10.0. The number of hydrogen-bond donors (Lipinski definition) is 2. The van der Waals surface area contributed by atoms with Gasteiger partial charge in [-0.15, -0.1) is 0 Å². The number of likely N-dealkylation sites (tertiary alicyclic amines) is 1. The Kier molecular flexibility index (Phi) is 6.02. The zero-order chi connectivity index (χ0) is 15.9. The molecule has 1 aromatic carbocycles. The third-order valence-electron chi connectivity index (χ3n) is 4.73. The van der Waals surface area contributed by atoms with Gasteiger partial charge in [-0.2, -0.15) is 0 Å². The molecule has 0 radical (unpaired) electrons. The molecule has 0 spiro atoms. The summed E-state index contributed by atoms with van der Waals surface area (Å²) in [5, 5.41) is 6.38. The number of nitrogens with one attached hydrogen (secondary N) is 2. The van der Waals surface area contributed by atoms with Crippen molar-refractivity contribution in [1.29, 1.82) is 0 Å². The minimum absolute atomic E-state index is 0.0902. The Hall–Kier alpha value is -1.43. The largest absolute Gasteiger partial charge is 0.378 e. The van der Waals surface area contributed by atoms with Crippen LogP contribution in [0, 0.1) is 0 Å². The van der Waals surface area contributed by atoms with Crippen LogP contribution in [0.4, 0.5) is 0 Å². The number of benzene rings is 1. The van der Waals surface area contributed by atoms with Crippen LogP contribution in [-0.2, 0) is 16.0 Å². The summed E-state index contributed by atoms with van der Waals surface area (Å²) in [5.74, 6) is 0.0902. The van der Waals surface area contributed by atoms with E-state index < -0.39 is 0 Å². The summed E-state index contributed by atoms with van der Waals surface area (Å²) in [7, 11) is 0. The number of morpholine rings is 1. The molecule has 2 heterocycles. The van der Waals surface area contributed by atoms with E-state index in [1.807, 2.05) is 0 Å². The molecule has 2 fully saturated rings. The second-order valence-electron chi connectivity index (χ2n) is 6.44. The Bertz CT molecular complexity index is 480. The van der Waals surface area contributed by atoms with Gasteiger partial charge in [0.25, 0.3) is 0 Å². The summed E-state index contributed by atoms with van der Waals surface area (Å²) in [6.45, 7) is 5.17. The first-order valence-corrected chi connectivity index (χ1v) is 8.69. The predicted octanol–water partition coefficient (Wildman–Crippen LogP) is 0.798. The lowest BCUT2D eigenvalue weighted by Crippen LogP contribution is -2.55. The second-order valence-corrected chi connectivity index (χ2v) is 6.44. The highest BCUT2D eigenvalue weighted by molar-refractivity contribution is 5.82. The zero-order valence-electron chi connectivity index (χ0n) is 13.7. The average molecular weight is 317 g/mol. The van der Waals surface area contributed by atoms with Crippen molar-refractivity contribution in [2.45, 2.75) is 31.3 Å². The molecule has 126 valence electrons. The topological polar surface area (TPSA) is 53.6 Å². The van der Waals surface area contributed by atoms with Crippen molar-refractivity contribution in [3.63, 3.8) is 0 Å². The highest BCUT2D eigenvalue weighted by Gasteiger charge is 2.25. The molecule has 2 aliphatic rings. The molecule has 0 aromatic heterocycles. The smallest absolute Gasteiger partial charge is 0.239 e. The van der Waals surface area contributed by atoms with Crippen LogP contribution in [0.15, 0.2) is 30.3 Å². The van der Waals surface area contributed by atoms with E-state index in [2.05, 4.69) is 45.9 Å². The fourth-order valence-electron chi connectivity index (χ4n) is 3.27. The van der Waals surface area contributed by atoms with Crippen molar-refractivity contribution in [1.82, 2.24) is 15.5 Å². The second kappa shape index (κ2) is 8.43. The molecule has 5 heteroatoms. The van der Waals surface area contributed by atoms with Crippen LogP contribution >= 0.6 is 0 Å². The van der Waals surface area contributed by atoms with E-state index in [0.29, 0.717) is 19.3 Å². The number of ether oxygens (including phenoxy) is 1. The molecule has 2 aliphatic heterocycles. The molecule has 0 saturated carbocycles. The minimum atomic E-state index is -0.181. The summed E-state index contributed by atoms with van der Waals surface area (Å²) < 4.78 is 5.35. The minimum Gasteiger partial charge on any atom is -0.378 e. The molecule has 23 heavy (non-hydrogen) atoms. The fourth-order valence-corrected chi connectivity index (χ4v) is 3.27. The van der Waals surface area contributed by atoms with E-state index in [0.717, 1.165) is 45.4 Å². The SMILES string of the molecule is O=C(NC1CCN(CCc2ccccc2)CC1)C1COCCN1. The van der Waals surface area contributed by atoms with Crippen LogP contribution in [0.25, 0.3) is 0 Å². The number of carbonyl (C=O) groups is 1. The van der Waals surface area contributed by atoms with Gasteiger partial charge in [0.1, 0.15) is 6.04 Å². The summed E-state index contributed by atoms with van der Waals surface area (Å²) in [5.41, 5.74) is 1.39. The predicted molar refractivity (Wildman–Crippen MR) is 90.4 cm³/mol. The molecule has 1 aromatic rings. The maximum absolute atomic E-state index is 12.2. The molecular formula is C18H27N3O2. The van der Waals surface area contributed by atoms with Crippen LogP contribution in [-0.4, -0.2) is 62.3 Å². The zero-order valence-corrected chi connectivity index (χ0v) is 13.7. The van der Waals surface area contributed by atoms with Gasteiger partial charge in [-0.3, -0.25) is 4.79 Å². The number of hydrogen-bond acceptors (Lipinski definition) is 4. The molecule has 3 rings (SSSR count). The molecular weight excluding hydrogens is 290 g/mol. The van der Waals surface area contributed by atoms with Crippen molar-refractivity contribution in [2.24, 2.45) is 0 Å². The van der Waals surface area contributed by atoms with E-state index in [1.54, 1.807) is 0 Å². The highest BCUT2D eigenvalue weighted by atomic mass is 16.5. The number of amides is 1. The molecule has 5 nitrogen and oxygen atoms in total. The van der Waals surface area contributed by atoms with Crippen LogP contribution in [0.5, 0.6) is 0 Å². The molecule has 1 unspecified atom stereocenters. The number of piperidine rings is 1. The van der Waals surface area contributed by atoms with E-state index in [1.165, 1.54) is 5.56 Å². The van der Waals surface area contributed by atoms with Crippen LogP contribution in [0.2, 0.25) is 0 Å².